The number of ether oxygens (including phenoxy) is 2. The maximum absolute atomic E-state index is 12.6. The van der Waals surface area contributed by atoms with Crippen molar-refractivity contribution in [2.24, 2.45) is 5.73 Å². The molecule has 2 N–H and O–H groups in total. The molecule has 1 atom stereocenters. The second-order valence-electron chi connectivity index (χ2n) is 4.50. The van der Waals surface area contributed by atoms with E-state index in [-0.39, 0.29) is 11.9 Å². The Kier molecular flexibility index (Phi) is 8.01. The third-order valence-corrected chi connectivity index (χ3v) is 3.74. The lowest BCUT2D eigenvalue weighted by Crippen LogP contribution is -2.42. The summed E-state index contributed by atoms with van der Waals surface area (Å²) in [5, 5.41) is 1.82. The molecule has 0 saturated heterocycles. The van der Waals surface area contributed by atoms with Crippen molar-refractivity contribution >= 4 is 17.2 Å². The molecule has 0 aliphatic heterocycles. The highest BCUT2D eigenvalue weighted by Gasteiger charge is 2.22. The van der Waals surface area contributed by atoms with E-state index in [0.29, 0.717) is 31.9 Å². The Morgan fingerprint density at radius 1 is 1.48 bits per heavy atom. The zero-order chi connectivity index (χ0) is 15.7. The van der Waals surface area contributed by atoms with Crippen molar-refractivity contribution in [3.8, 4) is 11.8 Å². The standard InChI is InChI=1S/C15H22N2O3S/c1-12(10-20-3)17(7-8-19-2)15(18)13-9-14(21-11-13)5-4-6-16/h9,11-12H,6-8,10,16H2,1-3H3. The summed E-state index contributed by atoms with van der Waals surface area (Å²) in [4.78, 5) is 15.2. The molecule has 5 nitrogen and oxygen atoms in total. The van der Waals surface area contributed by atoms with Crippen molar-refractivity contribution in [3.63, 3.8) is 0 Å². The summed E-state index contributed by atoms with van der Waals surface area (Å²) in [5.41, 5.74) is 5.99. The van der Waals surface area contributed by atoms with E-state index >= 15 is 0 Å². The summed E-state index contributed by atoms with van der Waals surface area (Å²) in [6, 6.07) is 1.78. The van der Waals surface area contributed by atoms with Crippen LogP contribution in [0.3, 0.4) is 0 Å². The van der Waals surface area contributed by atoms with E-state index in [1.54, 1.807) is 25.2 Å². The zero-order valence-electron chi connectivity index (χ0n) is 12.7. The minimum absolute atomic E-state index is 0.0175. The highest BCUT2D eigenvalue weighted by molar-refractivity contribution is 7.10. The van der Waals surface area contributed by atoms with E-state index in [0.717, 1.165) is 4.88 Å². The normalized spacial score (nSPS) is 11.6. The van der Waals surface area contributed by atoms with Gasteiger partial charge >= 0.3 is 0 Å². The molecule has 0 spiro atoms. The summed E-state index contributed by atoms with van der Waals surface area (Å²) in [6.45, 7) is 3.77. The predicted molar refractivity (Wildman–Crippen MR) is 84.5 cm³/mol. The van der Waals surface area contributed by atoms with E-state index in [2.05, 4.69) is 11.8 Å². The Labute approximate surface area is 130 Å². The van der Waals surface area contributed by atoms with Gasteiger partial charge in [0.1, 0.15) is 0 Å². The monoisotopic (exact) mass is 310 g/mol. The molecule has 116 valence electrons. The summed E-state index contributed by atoms with van der Waals surface area (Å²) in [7, 11) is 3.25. The fourth-order valence-electron chi connectivity index (χ4n) is 1.86. The fraction of sp³-hybridized carbons (Fsp3) is 0.533. The van der Waals surface area contributed by atoms with Gasteiger partial charge in [0.25, 0.3) is 5.91 Å². The lowest BCUT2D eigenvalue weighted by Gasteiger charge is -2.28. The molecule has 0 fully saturated rings. The topological polar surface area (TPSA) is 64.8 Å². The molecule has 21 heavy (non-hydrogen) atoms. The molecule has 0 aliphatic carbocycles. The van der Waals surface area contributed by atoms with Crippen LogP contribution >= 0.6 is 11.3 Å². The van der Waals surface area contributed by atoms with Crippen molar-refractivity contribution in [2.75, 3.05) is 40.5 Å². The van der Waals surface area contributed by atoms with Crippen LogP contribution in [0.2, 0.25) is 0 Å². The van der Waals surface area contributed by atoms with Gasteiger partial charge in [0, 0.05) is 26.1 Å². The molecule has 1 aromatic rings. The van der Waals surface area contributed by atoms with Gasteiger partial charge in [-0.1, -0.05) is 11.8 Å². The van der Waals surface area contributed by atoms with Gasteiger partial charge in [-0.3, -0.25) is 4.79 Å². The van der Waals surface area contributed by atoms with Crippen LogP contribution < -0.4 is 5.73 Å². The van der Waals surface area contributed by atoms with E-state index in [4.69, 9.17) is 15.2 Å². The van der Waals surface area contributed by atoms with Gasteiger partial charge in [-0.15, -0.1) is 11.3 Å². The average Bonchev–Trinajstić information content (AvgIpc) is 2.94. The van der Waals surface area contributed by atoms with Gasteiger partial charge in [0.05, 0.1) is 36.2 Å². The molecule has 0 radical (unpaired) electrons. The molecule has 1 heterocycles. The number of amides is 1. The number of methoxy groups -OCH3 is 2. The van der Waals surface area contributed by atoms with Crippen LogP contribution in [0.4, 0.5) is 0 Å². The molecular formula is C15H22N2O3S. The first kappa shape index (κ1) is 17.7. The van der Waals surface area contributed by atoms with Crippen LogP contribution in [0.15, 0.2) is 11.4 Å². The summed E-state index contributed by atoms with van der Waals surface area (Å²) in [5.74, 6) is 5.69. The Hall–Kier alpha value is -1.39. The van der Waals surface area contributed by atoms with Crippen LogP contribution in [0, 0.1) is 11.8 Å². The van der Waals surface area contributed by atoms with Crippen molar-refractivity contribution in [2.45, 2.75) is 13.0 Å². The summed E-state index contributed by atoms with van der Waals surface area (Å²) < 4.78 is 10.2. The highest BCUT2D eigenvalue weighted by Crippen LogP contribution is 2.17. The molecule has 0 aliphatic rings. The number of nitrogens with two attached hydrogens (primary N) is 1. The molecule has 0 saturated carbocycles. The minimum atomic E-state index is -0.0337. The van der Waals surface area contributed by atoms with Crippen LogP contribution in [0.25, 0.3) is 0 Å². The molecule has 1 aromatic heterocycles. The van der Waals surface area contributed by atoms with Crippen molar-refractivity contribution in [1.29, 1.82) is 0 Å². The third-order valence-electron chi connectivity index (χ3n) is 2.90. The fourth-order valence-corrected chi connectivity index (χ4v) is 2.61. The molecule has 0 bridgehead atoms. The Morgan fingerprint density at radius 2 is 2.24 bits per heavy atom. The quantitative estimate of drug-likeness (QED) is 0.768. The van der Waals surface area contributed by atoms with Gasteiger partial charge in [0.2, 0.25) is 0 Å². The number of carbonyl (C=O) groups excluding carboxylic acids is 1. The van der Waals surface area contributed by atoms with Gasteiger partial charge in [0.15, 0.2) is 0 Å². The lowest BCUT2D eigenvalue weighted by atomic mass is 10.2. The number of nitrogens with zero attached hydrogens (tertiary/aromatic N) is 1. The largest absolute Gasteiger partial charge is 0.383 e. The Bertz CT molecular complexity index is 505. The van der Waals surface area contributed by atoms with E-state index in [1.165, 1.54) is 11.3 Å². The smallest absolute Gasteiger partial charge is 0.255 e. The van der Waals surface area contributed by atoms with Crippen LogP contribution in [0.5, 0.6) is 0 Å². The Balaban J connectivity index is 2.85. The average molecular weight is 310 g/mol. The molecule has 1 rings (SSSR count). The first-order valence-electron chi connectivity index (χ1n) is 6.70. The SMILES string of the molecule is COCCN(C(=O)c1csc(C#CCN)c1)C(C)COC. The lowest BCUT2D eigenvalue weighted by molar-refractivity contribution is 0.0480. The minimum Gasteiger partial charge on any atom is -0.383 e. The predicted octanol–water partition coefficient (Wildman–Crippen LogP) is 1.18. The van der Waals surface area contributed by atoms with E-state index < -0.39 is 0 Å². The van der Waals surface area contributed by atoms with Gasteiger partial charge in [-0.05, 0) is 13.0 Å². The summed E-state index contributed by atoms with van der Waals surface area (Å²) >= 11 is 1.44. The maximum atomic E-state index is 12.6. The van der Waals surface area contributed by atoms with E-state index in [9.17, 15) is 4.79 Å². The number of rotatable bonds is 7. The molecule has 0 aromatic carbocycles. The van der Waals surface area contributed by atoms with Gasteiger partial charge in [-0.2, -0.15) is 0 Å². The molecule has 6 heteroatoms. The number of hydrogen-bond acceptors (Lipinski definition) is 5. The van der Waals surface area contributed by atoms with Crippen molar-refractivity contribution in [1.82, 2.24) is 4.90 Å². The van der Waals surface area contributed by atoms with Crippen molar-refractivity contribution < 1.29 is 14.3 Å². The van der Waals surface area contributed by atoms with Gasteiger partial charge < -0.3 is 20.1 Å². The van der Waals surface area contributed by atoms with Crippen LogP contribution in [-0.4, -0.2) is 57.4 Å². The zero-order valence-corrected chi connectivity index (χ0v) is 13.5. The first-order chi connectivity index (χ1) is 10.1. The number of thiophene rings is 1. The van der Waals surface area contributed by atoms with Crippen LogP contribution in [0.1, 0.15) is 22.2 Å². The van der Waals surface area contributed by atoms with E-state index in [1.807, 2.05) is 12.3 Å². The third kappa shape index (κ3) is 5.48. The second-order valence-corrected chi connectivity index (χ2v) is 5.41. The first-order valence-corrected chi connectivity index (χ1v) is 7.58. The van der Waals surface area contributed by atoms with Crippen molar-refractivity contribution in [3.05, 3.63) is 21.9 Å². The Morgan fingerprint density at radius 3 is 2.86 bits per heavy atom. The molecular weight excluding hydrogens is 288 g/mol. The highest BCUT2D eigenvalue weighted by atomic mass is 32.1. The molecule has 1 amide bonds. The van der Waals surface area contributed by atoms with Gasteiger partial charge in [-0.25, -0.2) is 0 Å². The van der Waals surface area contributed by atoms with Crippen LogP contribution in [-0.2, 0) is 9.47 Å². The maximum Gasteiger partial charge on any atom is 0.255 e. The molecule has 1 unspecified atom stereocenters. The summed E-state index contributed by atoms with van der Waals surface area (Å²) in [6.07, 6.45) is 0. The number of hydrogen-bond donors (Lipinski definition) is 1. The second kappa shape index (κ2) is 9.53. The number of carbonyl (C=O) groups is 1.